The lowest BCUT2D eigenvalue weighted by atomic mass is 10.1. The third kappa shape index (κ3) is 6.17. The van der Waals surface area contributed by atoms with Gasteiger partial charge in [-0.2, -0.15) is 5.10 Å². The van der Waals surface area contributed by atoms with Gasteiger partial charge in [-0.1, -0.05) is 18.2 Å². The molecule has 7 heteroatoms. The molecule has 0 saturated heterocycles. The number of carbonyl (C=O) groups is 1. The Kier molecular flexibility index (Phi) is 8.13. The number of carbonyl (C=O) groups excluding carboxylic acids is 1. The fraction of sp³-hybridized carbons (Fsp3) is 0.276. The molecule has 3 N–H and O–H groups in total. The number of nitrogens with one attached hydrogen (secondary N) is 3. The molecule has 0 fully saturated rings. The molecule has 0 saturated carbocycles. The van der Waals surface area contributed by atoms with Gasteiger partial charge in [0.1, 0.15) is 0 Å². The van der Waals surface area contributed by atoms with E-state index < -0.39 is 0 Å². The Morgan fingerprint density at radius 3 is 2.53 bits per heavy atom. The Bertz CT molecular complexity index is 1320. The third-order valence-electron chi connectivity index (χ3n) is 6.12. The molecule has 0 spiro atoms. The largest absolute Gasteiger partial charge is 0.355 e. The zero-order valence-electron chi connectivity index (χ0n) is 21.3. The molecule has 0 aliphatic carbocycles. The first-order chi connectivity index (χ1) is 17.4. The van der Waals surface area contributed by atoms with Crippen molar-refractivity contribution in [2.45, 2.75) is 39.8 Å². The van der Waals surface area contributed by atoms with Gasteiger partial charge >= 0.3 is 0 Å². The van der Waals surface area contributed by atoms with Crippen molar-refractivity contribution in [2.75, 3.05) is 18.4 Å². The molecule has 0 radical (unpaired) electrons. The first-order valence-electron chi connectivity index (χ1n) is 12.4. The zero-order valence-corrected chi connectivity index (χ0v) is 21.3. The van der Waals surface area contributed by atoms with Gasteiger partial charge in [0.25, 0.3) is 5.91 Å². The highest BCUT2D eigenvalue weighted by Gasteiger charge is 2.15. The van der Waals surface area contributed by atoms with Gasteiger partial charge in [0.2, 0.25) is 0 Å². The van der Waals surface area contributed by atoms with E-state index in [0.717, 1.165) is 40.2 Å². The molecule has 0 bridgehead atoms. The van der Waals surface area contributed by atoms with Crippen LogP contribution >= 0.6 is 0 Å². The predicted octanol–water partition coefficient (Wildman–Crippen LogP) is 5.72. The molecule has 2 aromatic carbocycles. The number of hydrogen-bond donors (Lipinski definition) is 3. The first kappa shape index (κ1) is 25.1. The van der Waals surface area contributed by atoms with Crippen LogP contribution in [0.3, 0.4) is 0 Å². The molecule has 1 amide bonds. The van der Waals surface area contributed by atoms with Gasteiger partial charge < -0.3 is 10.6 Å². The highest BCUT2D eigenvalue weighted by Crippen LogP contribution is 2.26. The second-order valence-electron chi connectivity index (χ2n) is 9.31. The second-order valence-corrected chi connectivity index (χ2v) is 9.31. The van der Waals surface area contributed by atoms with E-state index >= 15 is 0 Å². The van der Waals surface area contributed by atoms with Crippen molar-refractivity contribution in [3.8, 4) is 0 Å². The summed E-state index contributed by atoms with van der Waals surface area (Å²) in [5, 5.41) is 15.0. The normalized spacial score (nSPS) is 11.8. The van der Waals surface area contributed by atoms with Crippen molar-refractivity contribution in [1.82, 2.24) is 25.4 Å². The molecule has 0 atom stereocenters. The van der Waals surface area contributed by atoms with Crippen LogP contribution < -0.4 is 10.6 Å². The maximum atomic E-state index is 13.0. The predicted molar refractivity (Wildman–Crippen MR) is 148 cm³/mol. The second kappa shape index (κ2) is 11.6. The van der Waals surface area contributed by atoms with Gasteiger partial charge in [0.05, 0.1) is 28.2 Å². The van der Waals surface area contributed by atoms with Gasteiger partial charge in [-0.25, -0.2) is 0 Å². The standard InChI is InChI=1S/C29H34N6O/c1-20(2)35(21(3)4)18-17-31-29(36)25-10-5-6-11-26(25)32-23-12-14-24-27(33-34-28(24)19-23)15-13-22-9-7-8-16-30-22/h5-16,19-21,32H,17-18H2,1-4H3,(H,31,36)(H,33,34)/b15-13+. The average molecular weight is 483 g/mol. The average Bonchev–Trinajstić information content (AvgIpc) is 3.28. The molecule has 4 rings (SSSR count). The monoisotopic (exact) mass is 482 g/mol. The number of anilines is 2. The Balaban J connectivity index is 1.45. The number of para-hydroxylation sites is 1. The minimum Gasteiger partial charge on any atom is -0.355 e. The van der Waals surface area contributed by atoms with Crippen LogP contribution in [0.15, 0.2) is 66.9 Å². The minimum atomic E-state index is -0.0878. The lowest BCUT2D eigenvalue weighted by Crippen LogP contribution is -2.42. The summed E-state index contributed by atoms with van der Waals surface area (Å²) in [5.41, 5.74) is 4.87. The molecule has 186 valence electrons. The number of H-pyrrole nitrogens is 1. The van der Waals surface area contributed by atoms with Gasteiger partial charge in [-0.3, -0.25) is 19.8 Å². The van der Waals surface area contributed by atoms with Gasteiger partial charge in [0, 0.05) is 42.4 Å². The third-order valence-corrected chi connectivity index (χ3v) is 6.12. The maximum Gasteiger partial charge on any atom is 0.253 e. The van der Waals surface area contributed by atoms with Crippen LogP contribution in [0.4, 0.5) is 11.4 Å². The molecular formula is C29H34N6O. The van der Waals surface area contributed by atoms with Crippen molar-refractivity contribution in [2.24, 2.45) is 0 Å². The summed E-state index contributed by atoms with van der Waals surface area (Å²) in [6, 6.07) is 20.2. The smallest absolute Gasteiger partial charge is 0.253 e. The van der Waals surface area contributed by atoms with E-state index in [-0.39, 0.29) is 5.91 Å². The Morgan fingerprint density at radius 2 is 1.78 bits per heavy atom. The van der Waals surface area contributed by atoms with Crippen molar-refractivity contribution in [3.63, 3.8) is 0 Å². The molecule has 0 unspecified atom stereocenters. The van der Waals surface area contributed by atoms with Crippen molar-refractivity contribution in [3.05, 3.63) is 83.8 Å². The number of pyridine rings is 1. The molecule has 2 aromatic heterocycles. The molecule has 0 aliphatic heterocycles. The van der Waals surface area contributed by atoms with Gasteiger partial charge in [-0.15, -0.1) is 0 Å². The summed E-state index contributed by atoms with van der Waals surface area (Å²) in [6.45, 7) is 10.1. The van der Waals surface area contributed by atoms with E-state index in [4.69, 9.17) is 0 Å². The molecule has 2 heterocycles. The molecule has 7 nitrogen and oxygen atoms in total. The number of fused-ring (bicyclic) bond motifs is 1. The van der Waals surface area contributed by atoms with E-state index in [1.165, 1.54) is 0 Å². The minimum absolute atomic E-state index is 0.0878. The van der Waals surface area contributed by atoms with Crippen LogP contribution in [0.1, 0.15) is 49.4 Å². The number of aromatic amines is 1. The number of amides is 1. The highest BCUT2D eigenvalue weighted by molar-refractivity contribution is 6.00. The van der Waals surface area contributed by atoms with Crippen molar-refractivity contribution >= 4 is 40.3 Å². The summed E-state index contributed by atoms with van der Waals surface area (Å²) in [7, 11) is 0. The first-order valence-corrected chi connectivity index (χ1v) is 12.4. The SMILES string of the molecule is CC(C)N(CCNC(=O)c1ccccc1Nc1ccc2c(/C=C/c3ccccn3)n[nH]c2c1)C(C)C. The molecule has 4 aromatic rings. The van der Waals surface area contributed by atoms with Crippen LogP contribution in [0.2, 0.25) is 0 Å². The van der Waals surface area contributed by atoms with Crippen molar-refractivity contribution < 1.29 is 4.79 Å². The summed E-state index contributed by atoms with van der Waals surface area (Å²) in [6.07, 6.45) is 5.66. The molecular weight excluding hydrogens is 448 g/mol. The summed E-state index contributed by atoms with van der Waals surface area (Å²) in [4.78, 5) is 19.7. The van der Waals surface area contributed by atoms with Crippen LogP contribution in [0.25, 0.3) is 23.1 Å². The summed E-state index contributed by atoms with van der Waals surface area (Å²) >= 11 is 0. The topological polar surface area (TPSA) is 85.9 Å². The number of benzene rings is 2. The molecule has 0 aliphatic rings. The van der Waals surface area contributed by atoms with E-state index in [1.54, 1.807) is 6.20 Å². The summed E-state index contributed by atoms with van der Waals surface area (Å²) in [5.74, 6) is -0.0878. The fourth-order valence-corrected chi connectivity index (χ4v) is 4.34. The maximum absolute atomic E-state index is 13.0. The number of hydrogen-bond acceptors (Lipinski definition) is 5. The van der Waals surface area contributed by atoms with E-state index in [9.17, 15) is 4.79 Å². The molecule has 36 heavy (non-hydrogen) atoms. The van der Waals surface area contributed by atoms with Crippen LogP contribution in [-0.4, -0.2) is 51.2 Å². The Labute approximate surface area is 212 Å². The van der Waals surface area contributed by atoms with Crippen LogP contribution in [-0.2, 0) is 0 Å². The van der Waals surface area contributed by atoms with Gasteiger partial charge in [0.15, 0.2) is 0 Å². The van der Waals surface area contributed by atoms with Gasteiger partial charge in [-0.05, 0) is 82.3 Å². The quantitative estimate of drug-likeness (QED) is 0.269. The van der Waals surface area contributed by atoms with E-state index in [0.29, 0.717) is 24.2 Å². The lowest BCUT2D eigenvalue weighted by molar-refractivity contribution is 0.0940. The Morgan fingerprint density at radius 1 is 1.00 bits per heavy atom. The van der Waals surface area contributed by atoms with E-state index in [2.05, 4.69) is 58.4 Å². The van der Waals surface area contributed by atoms with Crippen molar-refractivity contribution in [1.29, 1.82) is 0 Å². The number of rotatable bonds is 10. The zero-order chi connectivity index (χ0) is 25.5. The Hall–Kier alpha value is -3.97. The van der Waals surface area contributed by atoms with Crippen LogP contribution in [0, 0.1) is 0 Å². The number of aromatic nitrogens is 3. The summed E-state index contributed by atoms with van der Waals surface area (Å²) < 4.78 is 0. The highest BCUT2D eigenvalue weighted by atomic mass is 16.1. The fourth-order valence-electron chi connectivity index (χ4n) is 4.34. The lowest BCUT2D eigenvalue weighted by Gasteiger charge is -2.30. The van der Waals surface area contributed by atoms with Crippen LogP contribution in [0.5, 0.6) is 0 Å². The van der Waals surface area contributed by atoms with E-state index in [1.807, 2.05) is 72.8 Å². The number of nitrogens with zero attached hydrogens (tertiary/aromatic N) is 3.